The number of nitro benzene ring substituents is 1. The number of rotatable bonds is 4. The number of nitro groups is 1. The lowest BCUT2D eigenvalue weighted by Crippen LogP contribution is -1.90. The molecule has 4 nitrogen and oxygen atoms in total. The van der Waals surface area contributed by atoms with Gasteiger partial charge in [-0.05, 0) is 23.8 Å². The van der Waals surface area contributed by atoms with Gasteiger partial charge in [0, 0.05) is 33.5 Å². The largest absolute Gasteiger partial charge is 0.398 e. The molecule has 0 aromatic heterocycles. The van der Waals surface area contributed by atoms with Crippen molar-refractivity contribution in [1.29, 1.82) is 0 Å². The van der Waals surface area contributed by atoms with Crippen molar-refractivity contribution in [3.8, 4) is 0 Å². The van der Waals surface area contributed by atoms with E-state index in [0.29, 0.717) is 16.5 Å². The fraction of sp³-hybridized carbons (Fsp3) is 0.0769. The summed E-state index contributed by atoms with van der Waals surface area (Å²) in [7, 11) is 0. The van der Waals surface area contributed by atoms with Crippen LogP contribution in [0.3, 0.4) is 0 Å². The van der Waals surface area contributed by atoms with Crippen LogP contribution in [0.4, 0.5) is 11.4 Å². The van der Waals surface area contributed by atoms with Gasteiger partial charge in [0.25, 0.3) is 5.69 Å². The summed E-state index contributed by atoms with van der Waals surface area (Å²) in [5, 5.41) is 11.2. The lowest BCUT2D eigenvalue weighted by Gasteiger charge is -2.06. The van der Waals surface area contributed by atoms with Gasteiger partial charge in [0.15, 0.2) is 0 Å². The van der Waals surface area contributed by atoms with Crippen LogP contribution in [0, 0.1) is 10.1 Å². The molecule has 0 spiro atoms. The van der Waals surface area contributed by atoms with Crippen molar-refractivity contribution in [2.24, 2.45) is 0 Å². The first kappa shape index (κ1) is 13.7. The Morgan fingerprint density at radius 1 is 1.21 bits per heavy atom. The number of non-ortho nitro benzene ring substituents is 1. The Labute approximate surface area is 119 Å². The van der Waals surface area contributed by atoms with Crippen LogP contribution in [0.2, 0.25) is 5.02 Å². The lowest BCUT2D eigenvalue weighted by molar-refractivity contribution is -0.384. The molecule has 0 atom stereocenters. The predicted octanol–water partition coefficient (Wildman–Crippen LogP) is 4.12. The summed E-state index contributed by atoms with van der Waals surface area (Å²) >= 11 is 7.46. The first-order chi connectivity index (χ1) is 9.06. The number of anilines is 1. The van der Waals surface area contributed by atoms with E-state index >= 15 is 0 Å². The molecule has 0 heterocycles. The molecule has 0 aliphatic heterocycles. The van der Waals surface area contributed by atoms with E-state index in [1.54, 1.807) is 36.0 Å². The molecule has 2 N–H and O–H groups in total. The average Bonchev–Trinajstić information content (AvgIpc) is 2.40. The predicted molar refractivity (Wildman–Crippen MR) is 78.5 cm³/mol. The number of halogens is 1. The van der Waals surface area contributed by atoms with E-state index in [9.17, 15) is 10.1 Å². The SMILES string of the molecule is Nc1ccc(Cl)cc1SCc1ccc([N+](=O)[O-])cc1. The highest BCUT2D eigenvalue weighted by atomic mass is 35.5. The smallest absolute Gasteiger partial charge is 0.269 e. The Morgan fingerprint density at radius 2 is 1.89 bits per heavy atom. The molecule has 0 amide bonds. The summed E-state index contributed by atoms with van der Waals surface area (Å²) < 4.78 is 0. The van der Waals surface area contributed by atoms with Crippen molar-refractivity contribution in [1.82, 2.24) is 0 Å². The highest BCUT2D eigenvalue weighted by Gasteiger charge is 2.05. The van der Waals surface area contributed by atoms with E-state index < -0.39 is 4.92 Å². The molecule has 19 heavy (non-hydrogen) atoms. The first-order valence-electron chi connectivity index (χ1n) is 5.47. The summed E-state index contributed by atoms with van der Waals surface area (Å²) in [6.07, 6.45) is 0. The molecule has 2 rings (SSSR count). The van der Waals surface area contributed by atoms with Gasteiger partial charge in [0.1, 0.15) is 0 Å². The molecular formula is C13H11ClN2O2S. The Hall–Kier alpha value is -1.72. The molecule has 0 saturated heterocycles. The Balaban J connectivity index is 2.06. The lowest BCUT2D eigenvalue weighted by atomic mass is 10.2. The van der Waals surface area contributed by atoms with Crippen molar-refractivity contribution >= 4 is 34.7 Å². The Kier molecular flexibility index (Phi) is 4.29. The second-order valence-electron chi connectivity index (χ2n) is 3.89. The van der Waals surface area contributed by atoms with Crippen molar-refractivity contribution in [2.45, 2.75) is 10.6 Å². The highest BCUT2D eigenvalue weighted by Crippen LogP contribution is 2.30. The second-order valence-corrected chi connectivity index (χ2v) is 5.35. The molecule has 0 saturated carbocycles. The van der Waals surface area contributed by atoms with Crippen molar-refractivity contribution in [3.63, 3.8) is 0 Å². The van der Waals surface area contributed by atoms with Crippen molar-refractivity contribution < 1.29 is 4.92 Å². The minimum atomic E-state index is -0.411. The van der Waals surface area contributed by atoms with Gasteiger partial charge in [0.2, 0.25) is 0 Å². The molecule has 0 unspecified atom stereocenters. The van der Waals surface area contributed by atoms with Crippen LogP contribution >= 0.6 is 23.4 Å². The van der Waals surface area contributed by atoms with Crippen LogP contribution in [0.1, 0.15) is 5.56 Å². The summed E-state index contributed by atoms with van der Waals surface area (Å²) in [5.41, 5.74) is 7.61. The zero-order valence-electron chi connectivity index (χ0n) is 9.88. The van der Waals surface area contributed by atoms with Gasteiger partial charge in [-0.2, -0.15) is 0 Å². The maximum absolute atomic E-state index is 10.5. The highest BCUT2D eigenvalue weighted by molar-refractivity contribution is 7.98. The minimum Gasteiger partial charge on any atom is -0.398 e. The third-order valence-corrected chi connectivity index (χ3v) is 3.89. The van der Waals surface area contributed by atoms with Crippen LogP contribution in [-0.4, -0.2) is 4.92 Å². The fourth-order valence-electron chi connectivity index (χ4n) is 1.51. The number of nitrogens with zero attached hydrogens (tertiary/aromatic N) is 1. The number of benzene rings is 2. The van der Waals surface area contributed by atoms with Crippen LogP contribution < -0.4 is 5.73 Å². The number of hydrogen-bond acceptors (Lipinski definition) is 4. The quantitative estimate of drug-likeness (QED) is 0.398. The number of nitrogen functional groups attached to an aromatic ring is 1. The molecule has 2 aromatic rings. The van der Waals surface area contributed by atoms with Crippen LogP contribution in [0.5, 0.6) is 0 Å². The van der Waals surface area contributed by atoms with Gasteiger partial charge >= 0.3 is 0 Å². The summed E-state index contributed by atoms with van der Waals surface area (Å²) in [6, 6.07) is 11.8. The van der Waals surface area contributed by atoms with E-state index in [4.69, 9.17) is 17.3 Å². The monoisotopic (exact) mass is 294 g/mol. The topological polar surface area (TPSA) is 69.2 Å². The third kappa shape index (κ3) is 3.62. The number of nitrogens with two attached hydrogens (primary N) is 1. The molecule has 0 fully saturated rings. The summed E-state index contributed by atoms with van der Waals surface area (Å²) in [5.74, 6) is 0.683. The van der Waals surface area contributed by atoms with Gasteiger partial charge < -0.3 is 5.73 Å². The maximum Gasteiger partial charge on any atom is 0.269 e. The molecule has 98 valence electrons. The normalized spacial score (nSPS) is 10.4. The summed E-state index contributed by atoms with van der Waals surface area (Å²) in [6.45, 7) is 0. The van der Waals surface area contributed by atoms with E-state index in [1.165, 1.54) is 12.1 Å². The first-order valence-corrected chi connectivity index (χ1v) is 6.84. The van der Waals surface area contributed by atoms with E-state index in [0.717, 1.165) is 10.5 Å². The standard InChI is InChI=1S/C13H11ClN2O2S/c14-10-3-6-12(15)13(7-10)19-8-9-1-4-11(5-2-9)16(17)18/h1-7H,8,15H2. The zero-order chi connectivity index (χ0) is 13.8. The average molecular weight is 295 g/mol. The van der Waals surface area contributed by atoms with Crippen LogP contribution in [-0.2, 0) is 5.75 Å². The van der Waals surface area contributed by atoms with Gasteiger partial charge in [-0.25, -0.2) is 0 Å². The molecule has 0 aliphatic rings. The Bertz CT molecular complexity index is 602. The van der Waals surface area contributed by atoms with Crippen LogP contribution in [0.15, 0.2) is 47.4 Å². The van der Waals surface area contributed by atoms with E-state index in [1.807, 2.05) is 6.07 Å². The molecule has 6 heteroatoms. The van der Waals surface area contributed by atoms with E-state index in [-0.39, 0.29) is 5.69 Å². The molecule has 0 bridgehead atoms. The van der Waals surface area contributed by atoms with Gasteiger partial charge in [0.05, 0.1) is 4.92 Å². The number of thioether (sulfide) groups is 1. The summed E-state index contributed by atoms with van der Waals surface area (Å²) in [4.78, 5) is 11.0. The van der Waals surface area contributed by atoms with Crippen LogP contribution in [0.25, 0.3) is 0 Å². The molecule has 0 aliphatic carbocycles. The fourth-order valence-corrected chi connectivity index (χ4v) is 2.70. The zero-order valence-corrected chi connectivity index (χ0v) is 11.4. The van der Waals surface area contributed by atoms with Crippen molar-refractivity contribution in [2.75, 3.05) is 5.73 Å². The maximum atomic E-state index is 10.5. The molecule has 0 radical (unpaired) electrons. The second kappa shape index (κ2) is 5.95. The third-order valence-electron chi connectivity index (χ3n) is 2.52. The van der Waals surface area contributed by atoms with Gasteiger partial charge in [-0.3, -0.25) is 10.1 Å². The Morgan fingerprint density at radius 3 is 2.53 bits per heavy atom. The molecular weight excluding hydrogens is 284 g/mol. The van der Waals surface area contributed by atoms with Gasteiger partial charge in [-0.15, -0.1) is 11.8 Å². The van der Waals surface area contributed by atoms with Crippen molar-refractivity contribution in [3.05, 3.63) is 63.2 Å². The van der Waals surface area contributed by atoms with Gasteiger partial charge in [-0.1, -0.05) is 23.7 Å². The minimum absolute atomic E-state index is 0.0935. The molecule has 2 aromatic carbocycles. The number of hydrogen-bond donors (Lipinski definition) is 1. The van der Waals surface area contributed by atoms with E-state index in [2.05, 4.69) is 0 Å².